The van der Waals surface area contributed by atoms with E-state index in [0.29, 0.717) is 36.3 Å². The number of ether oxygens (including phenoxy) is 2. The van der Waals surface area contributed by atoms with E-state index in [2.05, 4.69) is 10.3 Å². The Kier molecular flexibility index (Phi) is 8.82. The van der Waals surface area contributed by atoms with Gasteiger partial charge in [0.2, 0.25) is 5.91 Å². The minimum Gasteiger partial charge on any atom is -0.469 e. The molecule has 0 radical (unpaired) electrons. The van der Waals surface area contributed by atoms with Gasteiger partial charge in [-0.15, -0.1) is 0 Å². The van der Waals surface area contributed by atoms with E-state index in [9.17, 15) is 18.4 Å². The molecule has 2 aliphatic rings. The summed E-state index contributed by atoms with van der Waals surface area (Å²) in [6.07, 6.45) is 1.34. The van der Waals surface area contributed by atoms with E-state index in [1.807, 2.05) is 0 Å². The fourth-order valence-corrected chi connectivity index (χ4v) is 6.45. The molecule has 214 valence electrons. The van der Waals surface area contributed by atoms with E-state index in [-0.39, 0.29) is 60.3 Å². The summed E-state index contributed by atoms with van der Waals surface area (Å²) in [6, 6.07) is 6.36. The molecule has 2 fully saturated rings. The summed E-state index contributed by atoms with van der Waals surface area (Å²) in [5.41, 5.74) is 0.818. The summed E-state index contributed by atoms with van der Waals surface area (Å²) in [5, 5.41) is 3.55. The van der Waals surface area contributed by atoms with Crippen molar-refractivity contribution in [1.82, 2.24) is 9.88 Å². The zero-order chi connectivity index (χ0) is 28.4. The van der Waals surface area contributed by atoms with Crippen LogP contribution in [0.3, 0.4) is 0 Å². The van der Waals surface area contributed by atoms with Crippen molar-refractivity contribution >= 4 is 55.8 Å². The lowest BCUT2D eigenvalue weighted by molar-refractivity contribution is -0.148. The summed E-state index contributed by atoms with van der Waals surface area (Å²) in [4.78, 5) is 30.6. The number of nitrogens with zero attached hydrogens (tertiary/aromatic N) is 2. The Hall–Kier alpha value is -2.89. The van der Waals surface area contributed by atoms with Crippen molar-refractivity contribution in [2.24, 2.45) is 5.92 Å². The smallest absolute Gasteiger partial charge is 0.308 e. The SMILES string of the molecule is COC(=O)[C@H]1CC[C@H](OC[C@@H]2C[C@H](F)CN2C(=O)Cc2cc(Cl)c(Nc3nc4cc(F)ccc4s3)cc2F)CC1. The van der Waals surface area contributed by atoms with E-state index in [4.69, 9.17) is 21.1 Å². The lowest BCUT2D eigenvalue weighted by Crippen LogP contribution is -2.40. The van der Waals surface area contributed by atoms with Gasteiger partial charge in [-0.2, -0.15) is 0 Å². The summed E-state index contributed by atoms with van der Waals surface area (Å²) in [5.74, 6) is -1.80. The lowest BCUT2D eigenvalue weighted by atomic mass is 9.87. The molecule has 40 heavy (non-hydrogen) atoms. The first-order valence-corrected chi connectivity index (χ1v) is 14.3. The van der Waals surface area contributed by atoms with E-state index in [1.165, 1.54) is 47.6 Å². The van der Waals surface area contributed by atoms with Crippen LogP contribution in [0.15, 0.2) is 30.3 Å². The third-order valence-electron chi connectivity index (χ3n) is 7.49. The quantitative estimate of drug-likeness (QED) is 0.312. The standard InChI is InChI=1S/C28H29ClF3N3O4S/c1-38-27(37)15-2-5-20(6-3-15)39-14-19-10-18(31)13-35(19)26(36)9-16-8-21(29)23(12-22(16)32)33-28-34-24-11-17(30)4-7-25(24)40-28/h4,7-8,11-12,15,18-20H,2-3,5-6,9-10,13-14H2,1H3,(H,33,34)/t15-,18-,19-,20-/m0/s1. The molecular formula is C28H29ClF3N3O4S. The molecule has 1 amide bonds. The van der Waals surface area contributed by atoms with Crippen molar-refractivity contribution in [2.45, 2.75) is 56.8 Å². The van der Waals surface area contributed by atoms with Gasteiger partial charge in [-0.25, -0.2) is 18.2 Å². The number of esters is 1. The molecule has 1 N–H and O–H groups in total. The van der Waals surface area contributed by atoms with Gasteiger partial charge in [-0.3, -0.25) is 9.59 Å². The molecule has 2 heterocycles. The second-order valence-electron chi connectivity index (χ2n) is 10.2. The number of rotatable bonds is 8. The van der Waals surface area contributed by atoms with Crippen LogP contribution < -0.4 is 5.32 Å². The normalized spacial score (nSPS) is 23.0. The first-order chi connectivity index (χ1) is 19.2. The number of hydrogen-bond donors (Lipinski definition) is 1. The number of nitrogens with one attached hydrogen (secondary N) is 1. The van der Waals surface area contributed by atoms with Gasteiger partial charge in [0.05, 0.1) is 65.7 Å². The molecule has 1 aliphatic heterocycles. The number of aromatic nitrogens is 1. The molecule has 1 aliphatic carbocycles. The number of fused-ring (bicyclic) bond motifs is 1. The van der Waals surface area contributed by atoms with E-state index in [0.717, 1.165) is 4.70 Å². The summed E-state index contributed by atoms with van der Waals surface area (Å²) < 4.78 is 54.4. The van der Waals surface area contributed by atoms with Gasteiger partial charge in [-0.05, 0) is 55.5 Å². The Morgan fingerprint density at radius 3 is 2.70 bits per heavy atom. The fraction of sp³-hybridized carbons (Fsp3) is 0.464. The second-order valence-corrected chi connectivity index (χ2v) is 11.7. The first-order valence-electron chi connectivity index (χ1n) is 13.1. The molecule has 0 bridgehead atoms. The molecule has 2 aromatic carbocycles. The van der Waals surface area contributed by atoms with E-state index >= 15 is 4.39 Å². The minimum absolute atomic E-state index is 0.0673. The van der Waals surface area contributed by atoms with Gasteiger partial charge in [-0.1, -0.05) is 22.9 Å². The number of carbonyl (C=O) groups is 2. The van der Waals surface area contributed by atoms with Crippen LogP contribution in [0.5, 0.6) is 0 Å². The van der Waals surface area contributed by atoms with Crippen molar-refractivity contribution in [3.8, 4) is 0 Å². The highest BCUT2D eigenvalue weighted by Crippen LogP contribution is 2.34. The van der Waals surface area contributed by atoms with Crippen molar-refractivity contribution < 1.29 is 32.2 Å². The van der Waals surface area contributed by atoms with Crippen LogP contribution in [-0.2, 0) is 25.5 Å². The number of halogens is 4. The zero-order valence-electron chi connectivity index (χ0n) is 21.8. The molecule has 1 aromatic heterocycles. The van der Waals surface area contributed by atoms with Gasteiger partial charge in [0.15, 0.2) is 5.13 Å². The fourth-order valence-electron chi connectivity index (χ4n) is 5.35. The number of benzene rings is 2. The van der Waals surface area contributed by atoms with Crippen LogP contribution in [-0.4, -0.2) is 60.3 Å². The molecule has 7 nitrogen and oxygen atoms in total. The highest BCUT2D eigenvalue weighted by Gasteiger charge is 2.37. The number of amides is 1. The van der Waals surface area contributed by atoms with E-state index < -0.39 is 29.8 Å². The number of anilines is 2. The molecular weight excluding hydrogens is 567 g/mol. The number of likely N-dealkylation sites (tertiary alicyclic amines) is 1. The highest BCUT2D eigenvalue weighted by atomic mass is 35.5. The Bertz CT molecular complexity index is 1400. The second kappa shape index (κ2) is 12.3. The van der Waals surface area contributed by atoms with Crippen molar-refractivity contribution in [2.75, 3.05) is 25.6 Å². The first kappa shape index (κ1) is 28.6. The summed E-state index contributed by atoms with van der Waals surface area (Å²) >= 11 is 7.66. The number of hydrogen-bond acceptors (Lipinski definition) is 7. The number of methoxy groups -OCH3 is 1. The monoisotopic (exact) mass is 595 g/mol. The van der Waals surface area contributed by atoms with Gasteiger partial charge in [0.1, 0.15) is 17.8 Å². The van der Waals surface area contributed by atoms with Crippen molar-refractivity contribution in [3.05, 3.63) is 52.6 Å². The lowest BCUT2D eigenvalue weighted by Gasteiger charge is -2.30. The van der Waals surface area contributed by atoms with Crippen LogP contribution in [0, 0.1) is 17.6 Å². The molecule has 1 saturated heterocycles. The molecule has 1 saturated carbocycles. The number of alkyl halides is 1. The van der Waals surface area contributed by atoms with Crippen LogP contribution in [0.2, 0.25) is 5.02 Å². The summed E-state index contributed by atoms with van der Waals surface area (Å²) in [6.45, 7) is 0.104. The molecule has 5 rings (SSSR count). The van der Waals surface area contributed by atoms with Crippen LogP contribution in [0.1, 0.15) is 37.7 Å². The topological polar surface area (TPSA) is 80.8 Å². The highest BCUT2D eigenvalue weighted by molar-refractivity contribution is 7.22. The third-order valence-corrected chi connectivity index (χ3v) is 8.75. The molecule has 0 spiro atoms. The van der Waals surface area contributed by atoms with Gasteiger partial charge >= 0.3 is 5.97 Å². The number of carbonyl (C=O) groups excluding carboxylic acids is 2. The van der Waals surface area contributed by atoms with Crippen LogP contribution in [0.25, 0.3) is 10.2 Å². The zero-order valence-corrected chi connectivity index (χ0v) is 23.4. The maximum Gasteiger partial charge on any atom is 0.308 e. The molecule has 12 heteroatoms. The van der Waals surface area contributed by atoms with Gasteiger partial charge in [0.25, 0.3) is 0 Å². The third kappa shape index (κ3) is 6.53. The van der Waals surface area contributed by atoms with Gasteiger partial charge in [0, 0.05) is 12.5 Å². The van der Waals surface area contributed by atoms with Crippen molar-refractivity contribution in [3.63, 3.8) is 0 Å². The van der Waals surface area contributed by atoms with Crippen molar-refractivity contribution in [1.29, 1.82) is 0 Å². The minimum atomic E-state index is -1.19. The predicted octanol–water partition coefficient (Wildman–Crippen LogP) is 6.20. The average Bonchev–Trinajstić information content (AvgIpc) is 3.51. The largest absolute Gasteiger partial charge is 0.469 e. The molecule has 2 atom stereocenters. The van der Waals surface area contributed by atoms with Crippen LogP contribution in [0.4, 0.5) is 24.0 Å². The Morgan fingerprint density at radius 2 is 1.95 bits per heavy atom. The Balaban J connectivity index is 1.19. The Labute approximate surface area is 238 Å². The van der Waals surface area contributed by atoms with Gasteiger partial charge < -0.3 is 19.7 Å². The molecule has 0 unspecified atom stereocenters. The molecule has 3 aromatic rings. The average molecular weight is 596 g/mol. The van der Waals surface area contributed by atoms with Crippen LogP contribution >= 0.6 is 22.9 Å². The predicted molar refractivity (Wildman–Crippen MR) is 147 cm³/mol. The maximum atomic E-state index is 15.0. The summed E-state index contributed by atoms with van der Waals surface area (Å²) in [7, 11) is 1.38. The maximum absolute atomic E-state index is 15.0. The van der Waals surface area contributed by atoms with E-state index in [1.54, 1.807) is 6.07 Å². The Morgan fingerprint density at radius 1 is 1.18 bits per heavy atom. The number of thiazole rings is 1.